The number of nitrogens with two attached hydrogens (primary N) is 4. The quantitative estimate of drug-likeness (QED) is 0.0633. The first kappa shape index (κ1) is 55.4. The predicted molar refractivity (Wildman–Crippen MR) is 263 cm³/mol. The summed E-state index contributed by atoms with van der Waals surface area (Å²) < 4.78 is 38.5. The van der Waals surface area contributed by atoms with E-state index in [1.54, 1.807) is 13.0 Å². The first-order valence-corrected chi connectivity index (χ1v) is 24.3. The van der Waals surface area contributed by atoms with Gasteiger partial charge in [-0.1, -0.05) is 58.0 Å². The van der Waals surface area contributed by atoms with Gasteiger partial charge in [0, 0.05) is 68.6 Å². The van der Waals surface area contributed by atoms with Crippen molar-refractivity contribution in [3.63, 3.8) is 0 Å². The molecule has 2 heterocycles. The SMILES string of the molecule is Cc1cc(-c2ccc(C(C)(C)C)cc2)nc(N)c1C(=O)C[C@@H](CNS(N)(=O)=O)C(=O)N(C)[C@@H]1C(=O)C[C@@H](C)C(=O)N[C@H](C(=O)O)Cc2ccc(OC[C@H](O)CN)c(c2)-c2cc1cc(OC[C@H](O)CN)c2O. The number of ketones is 2. The number of nitrogens with one attached hydrogen (secondary N) is 2. The number of aliphatic hydroxyl groups excluding tert-OH is 2. The Morgan fingerprint density at radius 1 is 0.930 bits per heavy atom. The number of aromatic nitrogens is 1. The van der Waals surface area contributed by atoms with Gasteiger partial charge in [-0.15, -0.1) is 0 Å². The van der Waals surface area contributed by atoms with E-state index in [2.05, 4.69) is 35.8 Å². The number of carbonyl (C=O) groups is 5. The number of fused-ring (bicyclic) bond motifs is 5. The number of aryl methyl sites for hydroxylation is 1. The van der Waals surface area contributed by atoms with Gasteiger partial charge < -0.3 is 57.3 Å². The number of phenols is 1. The van der Waals surface area contributed by atoms with E-state index in [0.717, 1.165) is 16.0 Å². The highest BCUT2D eigenvalue weighted by molar-refractivity contribution is 7.87. The number of nitrogen functional groups attached to an aromatic ring is 1. The van der Waals surface area contributed by atoms with E-state index in [9.17, 15) is 52.8 Å². The topological polar surface area (TPSA) is 363 Å². The largest absolute Gasteiger partial charge is 0.504 e. The Labute approximate surface area is 412 Å². The number of carbonyl (C=O) groups excluding carboxylic acids is 4. The maximum atomic E-state index is 15.0. The Balaban J connectivity index is 1.67. The van der Waals surface area contributed by atoms with E-state index < -0.39 is 107 Å². The second kappa shape index (κ2) is 23.1. The van der Waals surface area contributed by atoms with Crippen LogP contribution in [-0.4, -0.2) is 126 Å². The van der Waals surface area contributed by atoms with E-state index in [0.29, 0.717) is 16.8 Å². The van der Waals surface area contributed by atoms with Crippen LogP contribution in [0.1, 0.15) is 79.2 Å². The number of anilines is 1. The van der Waals surface area contributed by atoms with Gasteiger partial charge in [0.2, 0.25) is 11.8 Å². The Morgan fingerprint density at radius 2 is 1.55 bits per heavy atom. The number of hydrogen-bond acceptors (Lipinski definition) is 16. The molecule has 0 unspecified atom stereocenters. The molecule has 384 valence electrons. The van der Waals surface area contributed by atoms with Crippen LogP contribution < -0.4 is 41.9 Å². The molecule has 3 aromatic carbocycles. The zero-order chi connectivity index (χ0) is 52.7. The molecular weight excluding hydrogens is 941 g/mol. The van der Waals surface area contributed by atoms with Crippen LogP contribution in [0.5, 0.6) is 17.2 Å². The highest BCUT2D eigenvalue weighted by Gasteiger charge is 2.38. The van der Waals surface area contributed by atoms with Crippen LogP contribution in [0.15, 0.2) is 60.7 Å². The zero-order valence-corrected chi connectivity index (χ0v) is 41.3. The molecule has 1 aromatic heterocycles. The number of amides is 2. The van der Waals surface area contributed by atoms with Crippen molar-refractivity contribution in [1.29, 1.82) is 0 Å². The average molecular weight is 1010 g/mol. The number of ether oxygens (including phenoxy) is 2. The summed E-state index contributed by atoms with van der Waals surface area (Å²) in [5, 5.41) is 50.6. The first-order valence-electron chi connectivity index (χ1n) is 22.8. The number of phenolic OH excluding ortho intramolecular Hbond substituents is 1. The summed E-state index contributed by atoms with van der Waals surface area (Å²) in [6.45, 7) is 7.30. The molecule has 2 amide bonds. The number of hydrogen-bond donors (Lipinski definition) is 10. The highest BCUT2D eigenvalue weighted by atomic mass is 32.2. The maximum Gasteiger partial charge on any atom is 0.326 e. The van der Waals surface area contributed by atoms with Gasteiger partial charge in [0.25, 0.3) is 10.2 Å². The molecule has 5 rings (SSSR count). The summed E-state index contributed by atoms with van der Waals surface area (Å²) in [6, 6.07) is 13.1. The van der Waals surface area contributed by atoms with Gasteiger partial charge in [0.15, 0.2) is 23.1 Å². The molecule has 0 saturated heterocycles. The second-order valence-corrected chi connectivity index (χ2v) is 20.2. The number of benzene rings is 3. The molecule has 14 N–H and O–H groups in total. The number of pyridine rings is 1. The van der Waals surface area contributed by atoms with E-state index in [1.165, 1.54) is 44.3 Å². The Kier molecular flexibility index (Phi) is 18.1. The molecule has 6 atom stereocenters. The molecule has 71 heavy (non-hydrogen) atoms. The van der Waals surface area contributed by atoms with E-state index in [-0.39, 0.29) is 71.1 Å². The van der Waals surface area contributed by atoms with E-state index >= 15 is 0 Å². The fourth-order valence-corrected chi connectivity index (χ4v) is 8.52. The van der Waals surface area contributed by atoms with Gasteiger partial charge in [-0.2, -0.15) is 8.42 Å². The third kappa shape index (κ3) is 14.1. The van der Waals surface area contributed by atoms with Crippen molar-refractivity contribution < 1.29 is 62.3 Å². The van der Waals surface area contributed by atoms with Crippen molar-refractivity contribution in [1.82, 2.24) is 19.9 Å². The fourth-order valence-electron chi connectivity index (χ4n) is 8.09. The lowest BCUT2D eigenvalue weighted by atomic mass is 9.86. The normalized spacial score (nSPS) is 17.8. The average Bonchev–Trinajstić information content (AvgIpc) is 3.30. The Hall–Kier alpha value is -6.53. The predicted octanol–water partition coefficient (Wildman–Crippen LogP) is 1.61. The maximum absolute atomic E-state index is 15.0. The first-order chi connectivity index (χ1) is 33.2. The Bertz CT molecular complexity index is 2720. The molecule has 0 spiro atoms. The number of likely N-dealkylation sites (N-methyl/N-ethyl adjacent to an activating group) is 1. The minimum Gasteiger partial charge on any atom is -0.504 e. The molecule has 0 fully saturated rings. The van der Waals surface area contributed by atoms with Crippen LogP contribution in [0, 0.1) is 18.8 Å². The monoisotopic (exact) mass is 1000 g/mol. The summed E-state index contributed by atoms with van der Waals surface area (Å²) in [5.74, 6) is -8.43. The van der Waals surface area contributed by atoms with E-state index in [1.807, 2.05) is 24.3 Å². The van der Waals surface area contributed by atoms with Gasteiger partial charge in [0.1, 0.15) is 49.1 Å². The smallest absolute Gasteiger partial charge is 0.326 e. The van der Waals surface area contributed by atoms with Crippen molar-refractivity contribution >= 4 is 45.4 Å². The Morgan fingerprint density at radius 3 is 2.11 bits per heavy atom. The molecule has 22 heteroatoms. The third-order valence-electron chi connectivity index (χ3n) is 12.1. The number of aliphatic carboxylic acids is 1. The molecule has 0 radical (unpaired) electrons. The number of nitrogens with zero attached hydrogens (tertiary/aromatic N) is 2. The number of carboxylic acids is 1. The highest BCUT2D eigenvalue weighted by Crippen LogP contribution is 2.45. The van der Waals surface area contributed by atoms with Gasteiger partial charge >= 0.3 is 5.97 Å². The van der Waals surface area contributed by atoms with Crippen molar-refractivity contribution in [3.05, 3.63) is 88.5 Å². The summed E-state index contributed by atoms with van der Waals surface area (Å²) >= 11 is 0. The second-order valence-electron chi connectivity index (χ2n) is 18.8. The summed E-state index contributed by atoms with van der Waals surface area (Å²) in [7, 11) is -3.27. The lowest BCUT2D eigenvalue weighted by Gasteiger charge is -2.32. The van der Waals surface area contributed by atoms with Crippen molar-refractivity contribution in [2.75, 3.05) is 45.6 Å². The van der Waals surface area contributed by atoms with Gasteiger partial charge in [-0.3, -0.25) is 19.2 Å². The molecule has 0 aliphatic carbocycles. The van der Waals surface area contributed by atoms with Gasteiger partial charge in [0.05, 0.1) is 17.2 Å². The molecule has 21 nitrogen and oxygen atoms in total. The summed E-state index contributed by atoms with van der Waals surface area (Å²) in [6.07, 6.45) is -3.91. The van der Waals surface area contributed by atoms with Crippen molar-refractivity contribution in [3.8, 4) is 39.6 Å². The number of aliphatic hydroxyl groups is 2. The number of Topliss-reactive ketones (excluding diaryl/α,β-unsaturated/α-hetero) is 2. The zero-order valence-electron chi connectivity index (χ0n) is 40.5. The minimum absolute atomic E-state index is 0.0337. The standard InChI is InChI=1S/C49H64N8O13S/c1-25-13-36(28-8-10-31(11-9-28)49(3,4)5)55-45(52)42(25)38(60)18-30(22-54-71(53,67)68)47(64)57(6)43-29-17-35(44(62)41(19-29)70-24-33(59)21-51)34-15-27(7-12-40(34)69-23-32(58)20-50)16-37(48(65)66)56-46(63)26(2)14-39(43)61/h7-13,15,17,19,26,30,32-33,37,43,54,58-59,62H,14,16,18,20-24,50-51H2,1-6H3,(H2,52,55)(H,56,63)(H,65,66)(H2,53,67,68)/t26-,30+,32-,33-,37+,43+/m1/s1. The number of carboxylic acid groups (broad SMARTS) is 1. The van der Waals surface area contributed by atoms with Gasteiger partial charge in [-0.25, -0.2) is 19.6 Å². The van der Waals surface area contributed by atoms with Crippen LogP contribution in [-0.2, 0) is 41.2 Å². The van der Waals surface area contributed by atoms with Gasteiger partial charge in [-0.05, 0) is 64.9 Å². The molecule has 0 saturated carbocycles. The van der Waals surface area contributed by atoms with Crippen LogP contribution >= 0.6 is 0 Å². The number of rotatable bonds is 18. The lowest BCUT2D eigenvalue weighted by molar-refractivity contribution is -0.143. The molecule has 4 aromatic rings. The van der Waals surface area contributed by atoms with Crippen LogP contribution in [0.25, 0.3) is 22.4 Å². The summed E-state index contributed by atoms with van der Waals surface area (Å²) in [5.41, 5.74) is 20.5. The molecule has 1 aliphatic heterocycles. The minimum atomic E-state index is -4.48. The lowest BCUT2D eigenvalue weighted by Crippen LogP contribution is -2.46. The van der Waals surface area contributed by atoms with Crippen LogP contribution in [0.3, 0.4) is 0 Å². The molecular formula is C49H64N8O13S. The van der Waals surface area contributed by atoms with Crippen LogP contribution in [0.2, 0.25) is 0 Å². The fraction of sp³-hybridized carbons (Fsp3) is 0.429. The molecule has 1 aliphatic rings. The third-order valence-corrected chi connectivity index (χ3v) is 12.7. The van der Waals surface area contributed by atoms with Crippen molar-refractivity contribution in [2.24, 2.45) is 28.4 Å². The van der Waals surface area contributed by atoms with Crippen molar-refractivity contribution in [2.45, 2.75) is 83.6 Å². The number of aromatic hydroxyl groups is 1. The summed E-state index contributed by atoms with van der Waals surface area (Å²) in [4.78, 5) is 75.7. The van der Waals surface area contributed by atoms with E-state index in [4.69, 9.17) is 31.8 Å². The molecule has 4 bridgehead atoms. The van der Waals surface area contributed by atoms with Crippen LogP contribution in [0.4, 0.5) is 5.82 Å².